The van der Waals surface area contributed by atoms with Gasteiger partial charge < -0.3 is 24.5 Å². The fraction of sp³-hybridized carbons (Fsp3) is 0.391. The number of aryl methyl sites for hydroxylation is 2. The molecule has 3 aromatic rings. The molecule has 0 saturated heterocycles. The minimum absolute atomic E-state index is 0.0904. The Morgan fingerprint density at radius 3 is 2.70 bits per heavy atom. The highest BCUT2D eigenvalue weighted by atomic mass is 32.1. The van der Waals surface area contributed by atoms with Crippen LogP contribution in [-0.2, 0) is 13.1 Å². The van der Waals surface area contributed by atoms with E-state index in [0.717, 1.165) is 47.3 Å². The summed E-state index contributed by atoms with van der Waals surface area (Å²) in [6.07, 6.45) is 2.63. The summed E-state index contributed by atoms with van der Waals surface area (Å²) < 4.78 is 5.52. The number of rotatable bonds is 8. The Morgan fingerprint density at radius 2 is 2.00 bits per heavy atom. The maximum atomic E-state index is 12.8. The molecule has 0 radical (unpaired) electrons. The monoisotopic (exact) mass is 426 g/mol. The van der Waals surface area contributed by atoms with Gasteiger partial charge in [0.1, 0.15) is 5.76 Å². The second-order valence-corrected chi connectivity index (χ2v) is 8.38. The van der Waals surface area contributed by atoms with Gasteiger partial charge in [-0.2, -0.15) is 0 Å². The molecule has 0 saturated carbocycles. The molecule has 6 nitrogen and oxygen atoms in total. The zero-order valence-electron chi connectivity index (χ0n) is 18.1. The number of thiocarbonyl (C=S) groups is 1. The molecule has 30 heavy (non-hydrogen) atoms. The summed E-state index contributed by atoms with van der Waals surface area (Å²) in [5, 5.41) is 4.99. The average molecular weight is 427 g/mol. The van der Waals surface area contributed by atoms with Gasteiger partial charge in [0, 0.05) is 23.0 Å². The van der Waals surface area contributed by atoms with Gasteiger partial charge in [0.2, 0.25) is 0 Å². The van der Waals surface area contributed by atoms with Crippen LogP contribution in [-0.4, -0.2) is 47.1 Å². The van der Waals surface area contributed by atoms with Crippen molar-refractivity contribution in [3.63, 3.8) is 0 Å². The quantitative estimate of drug-likeness (QED) is 0.424. The minimum atomic E-state index is -0.0904. The molecule has 0 aliphatic carbocycles. The highest BCUT2D eigenvalue weighted by Gasteiger charge is 2.15. The first-order valence-electron chi connectivity index (χ1n) is 10.2. The first-order chi connectivity index (χ1) is 14.3. The molecule has 1 aromatic carbocycles. The molecule has 0 amide bonds. The van der Waals surface area contributed by atoms with Crippen LogP contribution in [0.15, 0.2) is 45.8 Å². The number of hydrogen-bond donors (Lipinski definition) is 2. The highest BCUT2D eigenvalue weighted by Crippen LogP contribution is 2.19. The first-order valence-corrected chi connectivity index (χ1v) is 10.6. The number of nitrogens with one attached hydrogen (secondary N) is 2. The van der Waals surface area contributed by atoms with Crippen LogP contribution in [0, 0.1) is 13.8 Å². The maximum Gasteiger partial charge on any atom is 0.253 e. The summed E-state index contributed by atoms with van der Waals surface area (Å²) in [7, 11) is 4.11. The van der Waals surface area contributed by atoms with Crippen molar-refractivity contribution in [2.75, 3.05) is 27.2 Å². The molecule has 0 aliphatic rings. The normalized spacial score (nSPS) is 11.2. The van der Waals surface area contributed by atoms with E-state index in [1.165, 1.54) is 0 Å². The third-order valence-corrected chi connectivity index (χ3v) is 5.43. The average Bonchev–Trinajstić information content (AvgIpc) is 3.18. The van der Waals surface area contributed by atoms with Crippen LogP contribution in [0.25, 0.3) is 10.9 Å². The van der Waals surface area contributed by atoms with Crippen molar-refractivity contribution >= 4 is 28.2 Å². The second-order valence-electron chi connectivity index (χ2n) is 7.99. The zero-order valence-corrected chi connectivity index (χ0v) is 18.9. The van der Waals surface area contributed by atoms with Gasteiger partial charge in [-0.1, -0.05) is 6.07 Å². The number of fused-ring (bicyclic) bond motifs is 1. The van der Waals surface area contributed by atoms with Gasteiger partial charge in [0.25, 0.3) is 5.56 Å². The van der Waals surface area contributed by atoms with Crippen molar-refractivity contribution in [3.05, 3.63) is 69.4 Å². The summed E-state index contributed by atoms with van der Waals surface area (Å²) in [5.41, 5.74) is 3.73. The molecule has 0 aliphatic heterocycles. The van der Waals surface area contributed by atoms with E-state index in [4.69, 9.17) is 16.6 Å². The molecule has 0 unspecified atom stereocenters. The summed E-state index contributed by atoms with van der Waals surface area (Å²) >= 11 is 5.66. The lowest BCUT2D eigenvalue weighted by Crippen LogP contribution is -2.40. The Hall–Kier alpha value is -2.64. The van der Waals surface area contributed by atoms with Crippen LogP contribution < -0.4 is 10.9 Å². The van der Waals surface area contributed by atoms with E-state index in [-0.39, 0.29) is 5.56 Å². The van der Waals surface area contributed by atoms with Gasteiger partial charge in [-0.05, 0) is 88.5 Å². The number of hydrogen-bond acceptors (Lipinski definition) is 4. The third kappa shape index (κ3) is 5.70. The number of benzene rings is 1. The molecule has 0 atom stereocenters. The predicted molar refractivity (Wildman–Crippen MR) is 126 cm³/mol. The van der Waals surface area contributed by atoms with E-state index < -0.39 is 0 Å². The smallest absolute Gasteiger partial charge is 0.253 e. The lowest BCUT2D eigenvalue weighted by molar-refractivity contribution is 0.348. The number of aromatic nitrogens is 1. The number of aromatic amines is 1. The standard InChI is InChI=1S/C23H30N4O2S/c1-16-11-17(2)20-13-18(22(28)25-21(20)12-16)14-27(15-19-7-5-10-29-19)23(30)24-8-6-9-26(3)4/h5,7,10-13H,6,8-9,14-15H2,1-4H3,(H,24,30)(H,25,28). The summed E-state index contributed by atoms with van der Waals surface area (Å²) in [6, 6.07) is 9.88. The van der Waals surface area contributed by atoms with E-state index in [9.17, 15) is 4.79 Å². The molecule has 2 heterocycles. The third-order valence-electron chi connectivity index (χ3n) is 5.02. The Morgan fingerprint density at radius 1 is 1.20 bits per heavy atom. The van der Waals surface area contributed by atoms with E-state index in [2.05, 4.69) is 42.3 Å². The maximum absolute atomic E-state index is 12.8. The molecule has 0 fully saturated rings. The van der Waals surface area contributed by atoms with E-state index >= 15 is 0 Å². The predicted octanol–water partition coefficient (Wildman–Crippen LogP) is 3.57. The highest BCUT2D eigenvalue weighted by molar-refractivity contribution is 7.80. The van der Waals surface area contributed by atoms with Crippen LogP contribution in [0.1, 0.15) is 28.9 Å². The lowest BCUT2D eigenvalue weighted by atomic mass is 10.0. The topological polar surface area (TPSA) is 64.5 Å². The van der Waals surface area contributed by atoms with E-state index in [1.807, 2.05) is 36.1 Å². The molecule has 7 heteroatoms. The molecule has 3 rings (SSSR count). The fourth-order valence-electron chi connectivity index (χ4n) is 3.53. The summed E-state index contributed by atoms with van der Waals surface area (Å²) in [5.74, 6) is 0.802. The lowest BCUT2D eigenvalue weighted by Gasteiger charge is -2.25. The van der Waals surface area contributed by atoms with E-state index in [0.29, 0.717) is 23.8 Å². The van der Waals surface area contributed by atoms with Gasteiger partial charge in [0.05, 0.1) is 19.4 Å². The number of furan rings is 1. The summed E-state index contributed by atoms with van der Waals surface area (Å²) in [4.78, 5) is 19.9. The van der Waals surface area contributed by atoms with Crippen LogP contribution in [0.5, 0.6) is 0 Å². The van der Waals surface area contributed by atoms with Gasteiger partial charge >= 0.3 is 0 Å². The largest absolute Gasteiger partial charge is 0.467 e. The van der Waals surface area contributed by atoms with Crippen molar-refractivity contribution in [1.29, 1.82) is 0 Å². The Labute approximate surface area is 182 Å². The molecule has 2 N–H and O–H groups in total. The van der Waals surface area contributed by atoms with Crippen LogP contribution in [0.3, 0.4) is 0 Å². The Bertz CT molecular complexity index is 1060. The van der Waals surface area contributed by atoms with Crippen molar-refractivity contribution in [2.45, 2.75) is 33.4 Å². The minimum Gasteiger partial charge on any atom is -0.467 e. The molecule has 2 aromatic heterocycles. The van der Waals surface area contributed by atoms with Crippen molar-refractivity contribution < 1.29 is 4.42 Å². The fourth-order valence-corrected chi connectivity index (χ4v) is 3.76. The molecule has 0 spiro atoms. The second kappa shape index (κ2) is 9.91. The Balaban J connectivity index is 1.82. The van der Waals surface area contributed by atoms with Crippen LogP contribution >= 0.6 is 12.2 Å². The van der Waals surface area contributed by atoms with Crippen molar-refractivity contribution in [3.8, 4) is 0 Å². The van der Waals surface area contributed by atoms with Crippen molar-refractivity contribution in [1.82, 2.24) is 20.1 Å². The molecule has 0 bridgehead atoms. The van der Waals surface area contributed by atoms with Gasteiger partial charge in [-0.25, -0.2) is 0 Å². The van der Waals surface area contributed by atoms with Gasteiger partial charge in [-0.15, -0.1) is 0 Å². The van der Waals surface area contributed by atoms with Crippen LogP contribution in [0.4, 0.5) is 0 Å². The van der Waals surface area contributed by atoms with Gasteiger partial charge in [-0.3, -0.25) is 4.79 Å². The first kappa shape index (κ1) is 22.1. The number of H-pyrrole nitrogens is 1. The Kier molecular flexibility index (Phi) is 7.29. The number of pyridine rings is 1. The number of nitrogens with zero attached hydrogens (tertiary/aromatic N) is 2. The van der Waals surface area contributed by atoms with E-state index in [1.54, 1.807) is 6.26 Å². The molecular formula is C23H30N4O2S. The molecular weight excluding hydrogens is 396 g/mol. The SMILES string of the molecule is Cc1cc(C)c2cc(CN(Cc3ccco3)C(=S)NCCCN(C)C)c(=O)[nH]c2c1. The summed E-state index contributed by atoms with van der Waals surface area (Å²) in [6.45, 7) is 6.75. The van der Waals surface area contributed by atoms with Crippen LogP contribution in [0.2, 0.25) is 0 Å². The molecule has 160 valence electrons. The van der Waals surface area contributed by atoms with Crippen molar-refractivity contribution in [2.24, 2.45) is 0 Å². The van der Waals surface area contributed by atoms with Gasteiger partial charge in [0.15, 0.2) is 5.11 Å². The zero-order chi connectivity index (χ0) is 21.7.